The lowest BCUT2D eigenvalue weighted by Crippen LogP contribution is -2.29. The first-order chi connectivity index (χ1) is 12.2. The maximum absolute atomic E-state index is 13.2. The van der Waals surface area contributed by atoms with Crippen LogP contribution in [0.1, 0.15) is 5.56 Å². The molecule has 1 amide bonds. The molecular formula is C19H19FN2O3. The van der Waals surface area contributed by atoms with E-state index in [1.165, 1.54) is 12.1 Å². The first-order valence-electron chi connectivity index (χ1n) is 7.95. The van der Waals surface area contributed by atoms with Crippen LogP contribution >= 0.6 is 0 Å². The highest BCUT2D eigenvalue weighted by atomic mass is 19.1. The van der Waals surface area contributed by atoms with Crippen LogP contribution < -0.4 is 14.8 Å². The molecular weight excluding hydrogens is 323 g/mol. The van der Waals surface area contributed by atoms with Crippen molar-refractivity contribution in [1.82, 2.24) is 10.3 Å². The summed E-state index contributed by atoms with van der Waals surface area (Å²) in [5, 5.41) is 3.67. The van der Waals surface area contributed by atoms with Crippen molar-refractivity contribution in [3.63, 3.8) is 0 Å². The molecule has 2 N–H and O–H groups in total. The predicted octanol–water partition coefficient (Wildman–Crippen LogP) is 3.05. The Hall–Kier alpha value is -3.02. The van der Waals surface area contributed by atoms with Crippen molar-refractivity contribution in [2.45, 2.75) is 6.42 Å². The lowest BCUT2D eigenvalue weighted by atomic mass is 10.1. The summed E-state index contributed by atoms with van der Waals surface area (Å²) in [7, 11) is 1.61. The molecule has 6 heteroatoms. The van der Waals surface area contributed by atoms with Gasteiger partial charge in [0.25, 0.3) is 0 Å². The summed E-state index contributed by atoms with van der Waals surface area (Å²) in [4.78, 5) is 15.0. The third-order valence-corrected chi connectivity index (χ3v) is 3.83. The molecule has 0 fully saturated rings. The van der Waals surface area contributed by atoms with Gasteiger partial charge in [-0.15, -0.1) is 0 Å². The fourth-order valence-corrected chi connectivity index (χ4v) is 2.57. The van der Waals surface area contributed by atoms with Crippen LogP contribution in [0.4, 0.5) is 4.39 Å². The number of nitrogens with one attached hydrogen (secondary N) is 2. The Bertz CT molecular complexity index is 859. The second kappa shape index (κ2) is 7.70. The first-order valence-corrected chi connectivity index (χ1v) is 7.95. The molecule has 0 aliphatic rings. The summed E-state index contributed by atoms with van der Waals surface area (Å²) in [6.45, 7) is 0.777. The number of benzene rings is 2. The maximum atomic E-state index is 13.2. The van der Waals surface area contributed by atoms with Gasteiger partial charge in [0, 0.05) is 17.1 Å². The number of fused-ring (bicyclic) bond motifs is 1. The lowest BCUT2D eigenvalue weighted by Gasteiger charge is -2.08. The number of carbonyl (C=O) groups excluding carboxylic acids is 1. The smallest absolute Gasteiger partial charge is 0.224 e. The van der Waals surface area contributed by atoms with Gasteiger partial charge in [0.2, 0.25) is 5.91 Å². The third kappa shape index (κ3) is 4.29. The van der Waals surface area contributed by atoms with Crippen molar-refractivity contribution in [3.8, 4) is 11.5 Å². The molecule has 5 nitrogen and oxygen atoms in total. The molecule has 2 aromatic carbocycles. The zero-order valence-corrected chi connectivity index (χ0v) is 13.8. The van der Waals surface area contributed by atoms with Crippen LogP contribution in [0.2, 0.25) is 0 Å². The summed E-state index contributed by atoms with van der Waals surface area (Å²) in [5.74, 6) is 1.07. The van der Waals surface area contributed by atoms with E-state index in [9.17, 15) is 9.18 Å². The molecule has 0 radical (unpaired) electrons. The van der Waals surface area contributed by atoms with Crippen molar-refractivity contribution in [3.05, 3.63) is 60.0 Å². The standard InChI is InChI=1S/C19H19FN2O3/c1-24-15-3-5-16(6-4-15)25-9-8-21-19(23)10-13-12-22-18-11-14(20)2-7-17(13)18/h2-7,11-12,22H,8-10H2,1H3,(H,21,23). The average molecular weight is 342 g/mol. The molecule has 3 aromatic rings. The molecule has 1 aromatic heterocycles. The van der Waals surface area contributed by atoms with Crippen LogP contribution in [0, 0.1) is 5.82 Å². The number of hydrogen-bond donors (Lipinski definition) is 2. The van der Waals surface area contributed by atoms with Gasteiger partial charge in [-0.1, -0.05) is 0 Å². The SMILES string of the molecule is COc1ccc(OCCNC(=O)Cc2c[nH]c3cc(F)ccc23)cc1. The molecule has 25 heavy (non-hydrogen) atoms. The van der Waals surface area contributed by atoms with E-state index < -0.39 is 0 Å². The van der Waals surface area contributed by atoms with Crippen LogP contribution in [-0.4, -0.2) is 31.2 Å². The molecule has 0 aliphatic carbocycles. The Morgan fingerprint density at radius 2 is 1.92 bits per heavy atom. The molecule has 0 aliphatic heterocycles. The van der Waals surface area contributed by atoms with Gasteiger partial charge in [0.1, 0.15) is 23.9 Å². The predicted molar refractivity (Wildman–Crippen MR) is 93.5 cm³/mol. The Labute approximate surface area is 144 Å². The van der Waals surface area contributed by atoms with Crippen molar-refractivity contribution < 1.29 is 18.7 Å². The van der Waals surface area contributed by atoms with Gasteiger partial charge in [-0.3, -0.25) is 4.79 Å². The maximum Gasteiger partial charge on any atom is 0.224 e. The molecule has 130 valence electrons. The highest BCUT2D eigenvalue weighted by Crippen LogP contribution is 2.19. The van der Waals surface area contributed by atoms with Gasteiger partial charge in [0.15, 0.2) is 0 Å². The minimum absolute atomic E-state index is 0.108. The third-order valence-electron chi connectivity index (χ3n) is 3.83. The first kappa shape index (κ1) is 16.8. The van der Waals surface area contributed by atoms with Crippen molar-refractivity contribution >= 4 is 16.8 Å². The van der Waals surface area contributed by atoms with Gasteiger partial charge < -0.3 is 19.8 Å². The number of amides is 1. The van der Waals surface area contributed by atoms with Gasteiger partial charge in [0.05, 0.1) is 20.1 Å². The number of aromatic nitrogens is 1. The summed E-state index contributed by atoms with van der Waals surface area (Å²) in [6.07, 6.45) is 1.96. The summed E-state index contributed by atoms with van der Waals surface area (Å²) >= 11 is 0. The molecule has 0 spiro atoms. The van der Waals surface area contributed by atoms with Crippen LogP contribution in [0.5, 0.6) is 11.5 Å². The highest BCUT2D eigenvalue weighted by Gasteiger charge is 2.09. The molecule has 0 bridgehead atoms. The monoisotopic (exact) mass is 342 g/mol. The molecule has 1 heterocycles. The lowest BCUT2D eigenvalue weighted by molar-refractivity contribution is -0.120. The highest BCUT2D eigenvalue weighted by molar-refractivity contribution is 5.88. The van der Waals surface area contributed by atoms with E-state index in [1.54, 1.807) is 19.4 Å². The normalized spacial score (nSPS) is 10.6. The largest absolute Gasteiger partial charge is 0.497 e. The van der Waals surface area contributed by atoms with E-state index in [0.29, 0.717) is 24.4 Å². The Morgan fingerprint density at radius 1 is 1.16 bits per heavy atom. The zero-order chi connectivity index (χ0) is 17.6. The Morgan fingerprint density at radius 3 is 2.68 bits per heavy atom. The quantitative estimate of drug-likeness (QED) is 0.649. The Balaban J connectivity index is 1.46. The molecule has 3 rings (SSSR count). The van der Waals surface area contributed by atoms with E-state index in [0.717, 1.165) is 16.7 Å². The molecule has 0 atom stereocenters. The van der Waals surface area contributed by atoms with Crippen LogP contribution in [0.25, 0.3) is 10.9 Å². The molecule has 0 saturated heterocycles. The minimum Gasteiger partial charge on any atom is -0.497 e. The van der Waals surface area contributed by atoms with E-state index in [2.05, 4.69) is 10.3 Å². The number of aromatic amines is 1. The van der Waals surface area contributed by atoms with Gasteiger partial charge in [-0.25, -0.2) is 4.39 Å². The van der Waals surface area contributed by atoms with Gasteiger partial charge in [-0.05, 0) is 48.0 Å². The number of methoxy groups -OCH3 is 1. The van der Waals surface area contributed by atoms with E-state index in [-0.39, 0.29) is 18.1 Å². The minimum atomic E-state index is -0.305. The van der Waals surface area contributed by atoms with E-state index >= 15 is 0 Å². The van der Waals surface area contributed by atoms with E-state index in [1.807, 2.05) is 24.3 Å². The Kier molecular flexibility index (Phi) is 5.18. The summed E-state index contributed by atoms with van der Waals surface area (Å²) < 4.78 is 23.8. The number of H-pyrrole nitrogens is 1. The fourth-order valence-electron chi connectivity index (χ4n) is 2.57. The number of halogens is 1. The topological polar surface area (TPSA) is 63.4 Å². The van der Waals surface area contributed by atoms with E-state index in [4.69, 9.17) is 9.47 Å². The van der Waals surface area contributed by atoms with Gasteiger partial charge in [-0.2, -0.15) is 0 Å². The van der Waals surface area contributed by atoms with Crippen molar-refractivity contribution in [2.24, 2.45) is 0 Å². The van der Waals surface area contributed by atoms with Crippen LogP contribution in [-0.2, 0) is 11.2 Å². The zero-order valence-electron chi connectivity index (χ0n) is 13.8. The van der Waals surface area contributed by atoms with Gasteiger partial charge >= 0.3 is 0 Å². The number of rotatable bonds is 7. The fraction of sp³-hybridized carbons (Fsp3) is 0.211. The number of hydrogen-bond acceptors (Lipinski definition) is 3. The number of carbonyl (C=O) groups is 1. The summed E-state index contributed by atoms with van der Waals surface area (Å²) in [6, 6.07) is 11.7. The van der Waals surface area contributed by atoms with Crippen molar-refractivity contribution in [1.29, 1.82) is 0 Å². The van der Waals surface area contributed by atoms with Crippen molar-refractivity contribution in [2.75, 3.05) is 20.3 Å². The second-order valence-corrected chi connectivity index (χ2v) is 5.55. The van der Waals surface area contributed by atoms with Crippen LogP contribution in [0.15, 0.2) is 48.7 Å². The number of ether oxygens (including phenoxy) is 2. The second-order valence-electron chi connectivity index (χ2n) is 5.55. The van der Waals surface area contributed by atoms with Crippen LogP contribution in [0.3, 0.4) is 0 Å². The molecule has 0 saturated carbocycles. The average Bonchev–Trinajstić information content (AvgIpc) is 3.01. The summed E-state index contributed by atoms with van der Waals surface area (Å²) in [5.41, 5.74) is 1.52. The molecule has 0 unspecified atom stereocenters.